The first-order chi connectivity index (χ1) is 10.1. The average Bonchev–Trinajstić information content (AvgIpc) is 2.91. The zero-order valence-corrected chi connectivity index (χ0v) is 12.4. The molecule has 1 aliphatic carbocycles. The van der Waals surface area contributed by atoms with Gasteiger partial charge in [0.25, 0.3) is 5.56 Å². The Morgan fingerprint density at radius 3 is 2.38 bits per heavy atom. The third-order valence-corrected chi connectivity index (χ3v) is 4.42. The lowest BCUT2D eigenvalue weighted by Crippen LogP contribution is -2.18. The van der Waals surface area contributed by atoms with Crippen molar-refractivity contribution >= 4 is 0 Å². The van der Waals surface area contributed by atoms with E-state index in [9.17, 15) is 9.90 Å². The molecule has 110 valence electrons. The smallest absolute Gasteiger partial charge is 0.258 e. The summed E-state index contributed by atoms with van der Waals surface area (Å²) < 4.78 is 0. The topological polar surface area (TPSA) is 66.0 Å². The summed E-state index contributed by atoms with van der Waals surface area (Å²) in [5, 5.41) is 10.2. The molecule has 0 unspecified atom stereocenters. The molecule has 0 aliphatic heterocycles. The lowest BCUT2D eigenvalue weighted by atomic mass is 9.99. The number of nitrogens with zero attached hydrogens (tertiary/aromatic N) is 1. The normalized spacial score (nSPS) is 15.5. The Hall–Kier alpha value is -2.10. The van der Waals surface area contributed by atoms with Gasteiger partial charge in [0, 0.05) is 5.56 Å². The molecular weight excluding hydrogens is 264 g/mol. The van der Waals surface area contributed by atoms with E-state index < -0.39 is 0 Å². The van der Waals surface area contributed by atoms with Crippen molar-refractivity contribution in [1.82, 2.24) is 9.97 Å². The van der Waals surface area contributed by atoms with Gasteiger partial charge < -0.3 is 10.1 Å². The Labute approximate surface area is 123 Å². The van der Waals surface area contributed by atoms with Crippen molar-refractivity contribution in [1.29, 1.82) is 0 Å². The number of hydrogen-bond donors (Lipinski definition) is 2. The highest BCUT2D eigenvalue weighted by Crippen LogP contribution is 2.36. The standard InChI is InChI=1S/C17H20N2O2/c1-10-6-5-7-11(2)13(10)15-18-16(20)14(17(21)19-15)12-8-3-4-9-12/h5-7,12H,3-4,8-9H2,1-2H3,(H2,18,19,20,21). The van der Waals surface area contributed by atoms with Crippen LogP contribution in [0.4, 0.5) is 0 Å². The molecule has 0 bridgehead atoms. The van der Waals surface area contributed by atoms with Crippen molar-refractivity contribution in [2.45, 2.75) is 45.4 Å². The number of rotatable bonds is 2. The van der Waals surface area contributed by atoms with E-state index in [0.717, 1.165) is 42.4 Å². The van der Waals surface area contributed by atoms with Crippen molar-refractivity contribution in [2.75, 3.05) is 0 Å². The summed E-state index contributed by atoms with van der Waals surface area (Å²) in [6, 6.07) is 5.92. The summed E-state index contributed by atoms with van der Waals surface area (Å²) in [6.07, 6.45) is 4.15. The molecule has 4 heteroatoms. The molecule has 1 aromatic heterocycles. The third kappa shape index (κ3) is 2.46. The molecule has 0 atom stereocenters. The van der Waals surface area contributed by atoms with Crippen LogP contribution in [-0.2, 0) is 0 Å². The third-order valence-electron chi connectivity index (χ3n) is 4.42. The number of aromatic nitrogens is 2. The first-order valence-electron chi connectivity index (χ1n) is 7.47. The molecule has 1 fully saturated rings. The van der Waals surface area contributed by atoms with Crippen LogP contribution in [0.5, 0.6) is 5.88 Å². The van der Waals surface area contributed by atoms with Crippen LogP contribution in [0.1, 0.15) is 48.3 Å². The Kier molecular flexibility index (Phi) is 3.53. The fraction of sp³-hybridized carbons (Fsp3) is 0.412. The molecule has 4 nitrogen and oxygen atoms in total. The monoisotopic (exact) mass is 284 g/mol. The minimum absolute atomic E-state index is 0.108. The number of aryl methyl sites for hydroxylation is 2. The SMILES string of the molecule is Cc1cccc(C)c1-c1nc(O)c(C2CCCC2)c(=O)[nH]1. The highest BCUT2D eigenvalue weighted by Gasteiger charge is 2.25. The van der Waals surface area contributed by atoms with Gasteiger partial charge >= 0.3 is 0 Å². The second-order valence-electron chi connectivity index (χ2n) is 5.90. The second-order valence-corrected chi connectivity index (χ2v) is 5.90. The molecule has 1 aliphatic rings. The molecule has 1 aromatic carbocycles. The Morgan fingerprint density at radius 1 is 1.19 bits per heavy atom. The fourth-order valence-electron chi connectivity index (χ4n) is 3.36. The van der Waals surface area contributed by atoms with Crippen LogP contribution in [0.3, 0.4) is 0 Å². The molecule has 0 amide bonds. The molecule has 1 saturated carbocycles. The van der Waals surface area contributed by atoms with Gasteiger partial charge in [-0.15, -0.1) is 0 Å². The summed E-state index contributed by atoms with van der Waals surface area (Å²) >= 11 is 0. The molecule has 0 radical (unpaired) electrons. The van der Waals surface area contributed by atoms with Crippen LogP contribution < -0.4 is 5.56 Å². The molecule has 2 N–H and O–H groups in total. The van der Waals surface area contributed by atoms with Gasteiger partial charge in [-0.2, -0.15) is 4.98 Å². The van der Waals surface area contributed by atoms with E-state index in [1.807, 2.05) is 32.0 Å². The molecule has 21 heavy (non-hydrogen) atoms. The molecular formula is C17H20N2O2. The summed E-state index contributed by atoms with van der Waals surface area (Å²) in [5.41, 5.74) is 3.22. The van der Waals surface area contributed by atoms with E-state index >= 15 is 0 Å². The zero-order valence-electron chi connectivity index (χ0n) is 12.4. The van der Waals surface area contributed by atoms with Crippen LogP contribution in [0.15, 0.2) is 23.0 Å². The lowest BCUT2D eigenvalue weighted by molar-refractivity contribution is 0.436. The Balaban J connectivity index is 2.12. The maximum atomic E-state index is 12.4. The number of nitrogens with one attached hydrogen (secondary N) is 1. The average molecular weight is 284 g/mol. The number of H-pyrrole nitrogens is 1. The highest BCUT2D eigenvalue weighted by atomic mass is 16.3. The molecule has 1 heterocycles. The van der Waals surface area contributed by atoms with Crippen molar-refractivity contribution < 1.29 is 5.11 Å². The molecule has 0 spiro atoms. The molecule has 3 rings (SSSR count). The number of hydrogen-bond acceptors (Lipinski definition) is 3. The van der Waals surface area contributed by atoms with Gasteiger partial charge in [0.05, 0.1) is 5.56 Å². The zero-order chi connectivity index (χ0) is 15.0. The van der Waals surface area contributed by atoms with E-state index in [1.165, 1.54) is 0 Å². The van der Waals surface area contributed by atoms with Crippen molar-refractivity contribution in [3.05, 3.63) is 45.2 Å². The van der Waals surface area contributed by atoms with Crippen molar-refractivity contribution in [2.24, 2.45) is 0 Å². The predicted molar refractivity (Wildman–Crippen MR) is 82.6 cm³/mol. The first-order valence-corrected chi connectivity index (χ1v) is 7.47. The molecule has 0 saturated heterocycles. The second kappa shape index (κ2) is 5.35. The summed E-state index contributed by atoms with van der Waals surface area (Å²) in [6.45, 7) is 3.95. The Morgan fingerprint density at radius 2 is 1.81 bits per heavy atom. The highest BCUT2D eigenvalue weighted by molar-refractivity contribution is 5.64. The van der Waals surface area contributed by atoms with Gasteiger partial charge in [-0.1, -0.05) is 31.0 Å². The summed E-state index contributed by atoms with van der Waals surface area (Å²) in [5.74, 6) is 0.492. The van der Waals surface area contributed by atoms with Gasteiger partial charge in [0.2, 0.25) is 5.88 Å². The van der Waals surface area contributed by atoms with Crippen LogP contribution in [-0.4, -0.2) is 15.1 Å². The van der Waals surface area contributed by atoms with Gasteiger partial charge in [-0.25, -0.2) is 0 Å². The number of aromatic hydroxyl groups is 1. The van der Waals surface area contributed by atoms with Gasteiger partial charge in [-0.3, -0.25) is 4.79 Å². The summed E-state index contributed by atoms with van der Waals surface area (Å²) in [4.78, 5) is 19.5. The largest absolute Gasteiger partial charge is 0.493 e. The van der Waals surface area contributed by atoms with Crippen molar-refractivity contribution in [3.63, 3.8) is 0 Å². The lowest BCUT2D eigenvalue weighted by Gasteiger charge is -2.13. The van der Waals surface area contributed by atoms with Crippen LogP contribution >= 0.6 is 0 Å². The summed E-state index contributed by atoms with van der Waals surface area (Å²) in [7, 11) is 0. The first kappa shape index (κ1) is 13.9. The predicted octanol–water partition coefficient (Wildman–Crippen LogP) is 3.42. The maximum absolute atomic E-state index is 12.4. The van der Waals surface area contributed by atoms with Crippen molar-refractivity contribution in [3.8, 4) is 17.3 Å². The van der Waals surface area contributed by atoms with Crippen LogP contribution in [0.2, 0.25) is 0 Å². The van der Waals surface area contributed by atoms with Crippen LogP contribution in [0.25, 0.3) is 11.4 Å². The van der Waals surface area contributed by atoms with E-state index in [0.29, 0.717) is 11.4 Å². The van der Waals surface area contributed by atoms with E-state index in [4.69, 9.17) is 0 Å². The number of benzene rings is 1. The minimum Gasteiger partial charge on any atom is -0.493 e. The van der Waals surface area contributed by atoms with E-state index in [-0.39, 0.29) is 17.4 Å². The fourth-order valence-corrected chi connectivity index (χ4v) is 3.36. The van der Waals surface area contributed by atoms with Crippen LogP contribution in [0, 0.1) is 13.8 Å². The van der Waals surface area contributed by atoms with Gasteiger partial charge in [-0.05, 0) is 43.7 Å². The van der Waals surface area contributed by atoms with Gasteiger partial charge in [0.1, 0.15) is 5.82 Å². The van der Waals surface area contributed by atoms with Gasteiger partial charge in [0.15, 0.2) is 0 Å². The Bertz CT molecular complexity index is 708. The van der Waals surface area contributed by atoms with E-state index in [2.05, 4.69) is 9.97 Å². The molecule has 2 aromatic rings. The number of aromatic amines is 1. The van der Waals surface area contributed by atoms with E-state index in [1.54, 1.807) is 0 Å². The maximum Gasteiger partial charge on any atom is 0.258 e. The quantitative estimate of drug-likeness (QED) is 0.888. The minimum atomic E-state index is -0.202.